The van der Waals surface area contributed by atoms with E-state index in [2.05, 4.69) is 26.5 Å². The number of hydrogen-bond donors (Lipinski definition) is 2. The van der Waals surface area contributed by atoms with E-state index in [-0.39, 0.29) is 12.0 Å². The van der Waals surface area contributed by atoms with Gasteiger partial charge in [0.2, 0.25) is 0 Å². The number of allylic oxidation sites excluding steroid dienone is 1. The minimum absolute atomic E-state index is 0.0660. The lowest BCUT2D eigenvalue weighted by atomic mass is 9.66. The smallest absolute Gasteiger partial charge is 0.100 e. The van der Waals surface area contributed by atoms with Crippen molar-refractivity contribution in [1.82, 2.24) is 0 Å². The van der Waals surface area contributed by atoms with Crippen LogP contribution in [0.25, 0.3) is 0 Å². The van der Waals surface area contributed by atoms with Gasteiger partial charge in [0, 0.05) is 24.5 Å². The summed E-state index contributed by atoms with van der Waals surface area (Å²) in [7, 11) is 1.61. The molecule has 4 nitrogen and oxygen atoms in total. The minimum Gasteiger partial charge on any atom is -0.390 e. The fourth-order valence-corrected chi connectivity index (χ4v) is 5.01. The van der Waals surface area contributed by atoms with E-state index >= 15 is 0 Å². The summed E-state index contributed by atoms with van der Waals surface area (Å²) in [6.45, 7) is 9.94. The molecular formula is C19H32O4S. The average molecular weight is 357 g/mol. The van der Waals surface area contributed by atoms with Gasteiger partial charge < -0.3 is 19.7 Å². The second-order valence-corrected chi connectivity index (χ2v) is 8.53. The monoisotopic (exact) mass is 356 g/mol. The highest BCUT2D eigenvalue weighted by atomic mass is 32.2. The van der Waals surface area contributed by atoms with Gasteiger partial charge in [-0.25, -0.2) is 0 Å². The highest BCUT2D eigenvalue weighted by molar-refractivity contribution is 7.99. The maximum atomic E-state index is 11.4. The van der Waals surface area contributed by atoms with Gasteiger partial charge in [0.25, 0.3) is 0 Å². The van der Waals surface area contributed by atoms with Gasteiger partial charge in [-0.15, -0.1) is 6.58 Å². The van der Waals surface area contributed by atoms with Crippen molar-refractivity contribution in [1.29, 1.82) is 0 Å². The fourth-order valence-electron chi connectivity index (χ4n) is 4.05. The summed E-state index contributed by atoms with van der Waals surface area (Å²) < 4.78 is 11.7. The Morgan fingerprint density at radius 1 is 1.46 bits per heavy atom. The maximum absolute atomic E-state index is 11.4. The lowest BCUT2D eigenvalue weighted by molar-refractivity contribution is -0.169. The fraction of sp³-hybridized carbons (Fsp3) is 0.789. The summed E-state index contributed by atoms with van der Waals surface area (Å²) in [5, 5.41) is 21.8. The summed E-state index contributed by atoms with van der Waals surface area (Å²) >= 11 is 1.67. The Morgan fingerprint density at radius 3 is 2.75 bits per heavy atom. The van der Waals surface area contributed by atoms with Crippen LogP contribution in [0.5, 0.6) is 0 Å². The summed E-state index contributed by atoms with van der Waals surface area (Å²) in [6.07, 6.45) is 5.06. The van der Waals surface area contributed by atoms with E-state index in [0.29, 0.717) is 18.6 Å². The van der Waals surface area contributed by atoms with Crippen LogP contribution in [-0.2, 0) is 9.47 Å². The van der Waals surface area contributed by atoms with Crippen molar-refractivity contribution in [3.05, 3.63) is 24.3 Å². The minimum atomic E-state index is -0.901. The third kappa shape index (κ3) is 4.07. The van der Waals surface area contributed by atoms with Gasteiger partial charge in [-0.3, -0.25) is 0 Å². The molecule has 2 N–H and O–H groups in total. The summed E-state index contributed by atoms with van der Waals surface area (Å²) in [4.78, 5) is 0. The van der Waals surface area contributed by atoms with Crippen LogP contribution in [0, 0.1) is 5.92 Å². The first-order valence-electron chi connectivity index (χ1n) is 8.71. The van der Waals surface area contributed by atoms with Crippen molar-refractivity contribution in [2.45, 2.75) is 69.5 Å². The quantitative estimate of drug-likeness (QED) is 0.398. The zero-order valence-electron chi connectivity index (χ0n) is 15.3. The number of epoxide rings is 1. The number of ether oxygens (including phenoxy) is 2. The van der Waals surface area contributed by atoms with Crippen molar-refractivity contribution >= 4 is 11.8 Å². The van der Waals surface area contributed by atoms with Crippen molar-refractivity contribution in [2.75, 3.05) is 18.6 Å². The van der Waals surface area contributed by atoms with E-state index in [4.69, 9.17) is 9.47 Å². The molecule has 0 spiro atoms. The largest absolute Gasteiger partial charge is 0.390 e. The Kier molecular flexibility index (Phi) is 6.59. The molecule has 1 aliphatic heterocycles. The van der Waals surface area contributed by atoms with Crippen LogP contribution in [0.4, 0.5) is 0 Å². The number of hydrogen-bond acceptors (Lipinski definition) is 5. The molecule has 1 aliphatic carbocycles. The zero-order valence-corrected chi connectivity index (χ0v) is 16.1. The molecule has 2 aliphatic rings. The van der Waals surface area contributed by atoms with Gasteiger partial charge in [-0.05, 0) is 40.0 Å². The van der Waals surface area contributed by atoms with Crippen LogP contribution >= 0.6 is 11.8 Å². The molecule has 1 saturated carbocycles. The summed E-state index contributed by atoms with van der Waals surface area (Å²) in [6, 6.07) is 0. The van der Waals surface area contributed by atoms with Crippen molar-refractivity contribution in [2.24, 2.45) is 5.92 Å². The molecule has 138 valence electrons. The van der Waals surface area contributed by atoms with Crippen LogP contribution in [0.2, 0.25) is 0 Å². The van der Waals surface area contributed by atoms with E-state index in [0.717, 1.165) is 12.2 Å². The molecule has 6 atom stereocenters. The second kappa shape index (κ2) is 7.92. The number of aliphatic hydroxyl groups is 2. The van der Waals surface area contributed by atoms with E-state index in [1.165, 1.54) is 5.57 Å². The van der Waals surface area contributed by atoms with E-state index in [1.807, 2.05) is 13.0 Å². The number of rotatable bonds is 8. The lowest BCUT2D eigenvalue weighted by Gasteiger charge is -2.48. The van der Waals surface area contributed by atoms with Gasteiger partial charge >= 0.3 is 0 Å². The molecule has 6 unspecified atom stereocenters. The van der Waals surface area contributed by atoms with Crippen molar-refractivity contribution < 1.29 is 19.7 Å². The number of methoxy groups -OCH3 is 1. The first kappa shape index (κ1) is 20.0. The summed E-state index contributed by atoms with van der Waals surface area (Å²) in [5.41, 5.74) is -0.101. The highest BCUT2D eigenvalue weighted by Gasteiger charge is 2.66. The molecule has 0 radical (unpaired) electrons. The number of aliphatic hydroxyl groups excluding tert-OH is 1. The van der Waals surface area contributed by atoms with Gasteiger partial charge in [0.1, 0.15) is 5.60 Å². The topological polar surface area (TPSA) is 62.2 Å². The predicted molar refractivity (Wildman–Crippen MR) is 99.3 cm³/mol. The Morgan fingerprint density at radius 2 is 2.17 bits per heavy atom. The second-order valence-electron chi connectivity index (χ2n) is 7.50. The Hall–Kier alpha value is -0.330. The predicted octanol–water partition coefficient (Wildman–Crippen LogP) is 2.94. The van der Waals surface area contributed by atoms with Gasteiger partial charge in [0.05, 0.1) is 23.9 Å². The molecule has 0 amide bonds. The van der Waals surface area contributed by atoms with Gasteiger partial charge in [0.15, 0.2) is 0 Å². The first-order chi connectivity index (χ1) is 11.3. The van der Waals surface area contributed by atoms with E-state index in [9.17, 15) is 10.2 Å². The van der Waals surface area contributed by atoms with Crippen molar-refractivity contribution in [3.63, 3.8) is 0 Å². The van der Waals surface area contributed by atoms with Gasteiger partial charge in [-0.1, -0.05) is 17.7 Å². The third-order valence-electron chi connectivity index (χ3n) is 5.36. The number of thioether (sulfide) groups is 1. The average Bonchev–Trinajstić information content (AvgIpc) is 3.19. The molecule has 5 heteroatoms. The molecule has 0 aromatic carbocycles. The van der Waals surface area contributed by atoms with E-state index in [1.54, 1.807) is 18.9 Å². The molecule has 2 fully saturated rings. The Bertz CT molecular complexity index is 476. The molecule has 1 heterocycles. The highest BCUT2D eigenvalue weighted by Crippen LogP contribution is 2.54. The Balaban J connectivity index is 2.21. The summed E-state index contributed by atoms with van der Waals surface area (Å²) in [5.74, 6) is 1.16. The molecule has 0 aromatic heterocycles. The van der Waals surface area contributed by atoms with Crippen molar-refractivity contribution in [3.8, 4) is 0 Å². The molecule has 2 rings (SSSR count). The molecule has 1 saturated heterocycles. The van der Waals surface area contributed by atoms with Crippen LogP contribution < -0.4 is 0 Å². The standard InChI is InChI=1S/C19H32O4S/c1-6-11-24-12-19(21)10-9-14(20)16(22-5)17(19)18(4)15(23-18)8-7-13(2)3/h6-7,14-17,20-21H,1,8-12H2,2-5H3. The molecule has 0 bridgehead atoms. The SMILES string of the molecule is C=CCSCC1(O)CCC(O)C(OC)C1C1(C)OC1CC=C(C)C. The third-order valence-corrected chi connectivity index (χ3v) is 6.53. The van der Waals surface area contributed by atoms with Crippen LogP contribution in [0.15, 0.2) is 24.3 Å². The van der Waals surface area contributed by atoms with E-state index < -0.39 is 23.4 Å². The van der Waals surface area contributed by atoms with Crippen LogP contribution in [-0.4, -0.2) is 58.3 Å². The molecule has 0 aromatic rings. The normalized spacial score (nSPS) is 41.8. The van der Waals surface area contributed by atoms with Gasteiger partial charge in [-0.2, -0.15) is 11.8 Å². The first-order valence-corrected chi connectivity index (χ1v) is 9.87. The Labute approximate surface area is 150 Å². The zero-order chi connectivity index (χ0) is 18.0. The maximum Gasteiger partial charge on any atom is 0.100 e. The molecular weight excluding hydrogens is 324 g/mol. The lowest BCUT2D eigenvalue weighted by Crippen LogP contribution is -2.60. The van der Waals surface area contributed by atoms with Crippen LogP contribution in [0.1, 0.15) is 40.0 Å². The van der Waals surface area contributed by atoms with Crippen LogP contribution in [0.3, 0.4) is 0 Å². The molecule has 24 heavy (non-hydrogen) atoms.